The number of thiophene rings is 1. The number of amides is 3. The van der Waals surface area contributed by atoms with E-state index in [0.717, 1.165) is 48.9 Å². The van der Waals surface area contributed by atoms with Gasteiger partial charge in [-0.1, -0.05) is 25.0 Å². The molecule has 3 N–H and O–H groups in total. The SMILES string of the molecule is Cc1cc(-c2nc(O[C@@H]3C[C@H]4C(=O)N[C@]5(C(=O)O)C[C@H]5C=CCCCCC[C@H](NC(=O)OC5CCC5)C(=O)N4C3)c3sccc3n2)n(C)n1. The fourth-order valence-corrected chi connectivity index (χ4v) is 7.73. The number of ether oxygens (including phenoxy) is 2. The van der Waals surface area contributed by atoms with E-state index in [-0.39, 0.29) is 31.4 Å². The first kappa shape index (κ1) is 33.0. The summed E-state index contributed by atoms with van der Waals surface area (Å²) in [4.78, 5) is 64.6. The molecule has 1 saturated heterocycles. The Morgan fingerprint density at radius 3 is 2.69 bits per heavy atom. The average molecular weight is 692 g/mol. The van der Waals surface area contributed by atoms with Gasteiger partial charge in [0.2, 0.25) is 17.7 Å². The van der Waals surface area contributed by atoms with Crippen molar-refractivity contribution in [2.75, 3.05) is 6.54 Å². The van der Waals surface area contributed by atoms with Crippen molar-refractivity contribution < 1.29 is 33.8 Å². The Balaban J connectivity index is 1.19. The summed E-state index contributed by atoms with van der Waals surface area (Å²) in [7, 11) is 1.81. The molecule has 0 radical (unpaired) electrons. The van der Waals surface area contributed by atoms with E-state index in [0.29, 0.717) is 35.8 Å². The van der Waals surface area contributed by atoms with Crippen molar-refractivity contribution in [3.8, 4) is 17.4 Å². The van der Waals surface area contributed by atoms with Crippen LogP contribution in [-0.4, -0.2) is 90.0 Å². The average Bonchev–Trinajstić information content (AvgIpc) is 3.37. The molecule has 4 aliphatic rings. The number of nitrogens with one attached hydrogen (secondary N) is 2. The summed E-state index contributed by atoms with van der Waals surface area (Å²) in [5.74, 6) is -1.70. The molecule has 14 nitrogen and oxygen atoms in total. The summed E-state index contributed by atoms with van der Waals surface area (Å²) in [5.41, 5.74) is 0.776. The zero-order valence-corrected chi connectivity index (χ0v) is 28.4. The van der Waals surface area contributed by atoms with Gasteiger partial charge < -0.3 is 30.1 Å². The number of aryl methyl sites for hydroxylation is 2. The van der Waals surface area contributed by atoms with E-state index >= 15 is 0 Å². The second-order valence-electron chi connectivity index (χ2n) is 13.6. The third kappa shape index (κ3) is 6.72. The molecule has 0 unspecified atom stereocenters. The van der Waals surface area contributed by atoms with Crippen LogP contribution >= 0.6 is 11.3 Å². The van der Waals surface area contributed by atoms with Crippen molar-refractivity contribution in [3.05, 3.63) is 35.4 Å². The van der Waals surface area contributed by atoms with Crippen LogP contribution in [0.5, 0.6) is 5.88 Å². The molecule has 3 aromatic rings. The molecule has 7 rings (SSSR count). The highest BCUT2D eigenvalue weighted by molar-refractivity contribution is 7.17. The van der Waals surface area contributed by atoms with Gasteiger partial charge in [0.25, 0.3) is 0 Å². The zero-order valence-electron chi connectivity index (χ0n) is 27.6. The maximum Gasteiger partial charge on any atom is 0.408 e. The van der Waals surface area contributed by atoms with Crippen molar-refractivity contribution in [2.45, 2.75) is 101 Å². The van der Waals surface area contributed by atoms with Crippen LogP contribution in [0.4, 0.5) is 4.79 Å². The van der Waals surface area contributed by atoms with Gasteiger partial charge in [-0.25, -0.2) is 14.6 Å². The van der Waals surface area contributed by atoms with E-state index < -0.39 is 47.6 Å². The van der Waals surface area contributed by atoms with E-state index in [1.54, 1.807) is 4.68 Å². The first-order valence-electron chi connectivity index (χ1n) is 17.0. The standard InChI is InChI=1S/C34H41N7O7S/c1-19-15-25(40(2)39-19)28-35-23-13-14-49-27(23)30(37-28)47-22-16-26-29(42)38-34(32(44)45)17-20(34)9-6-4-3-5-7-12-24(31(43)41(26)18-22)36-33(46)48-21-10-8-11-21/h6,9,13-15,20-22,24,26H,3-5,7-8,10-12,16-18H2,1-2H3,(H,36,46)(H,38,42)(H,44,45)/t20-,22-,24+,26+,34-/m1/s1. The Morgan fingerprint density at radius 1 is 1.12 bits per heavy atom. The fourth-order valence-electron chi connectivity index (χ4n) is 6.97. The molecule has 2 saturated carbocycles. The number of carbonyl (C=O) groups is 4. The second-order valence-corrected chi connectivity index (χ2v) is 14.5. The number of alkyl carbamates (subject to hydrolysis) is 1. The molecule has 49 heavy (non-hydrogen) atoms. The monoisotopic (exact) mass is 691 g/mol. The fraction of sp³-hybridized carbons (Fsp3) is 0.559. The molecule has 3 amide bonds. The topological polar surface area (TPSA) is 178 Å². The summed E-state index contributed by atoms with van der Waals surface area (Å²) in [6, 6.07) is 1.80. The number of allylic oxidation sites excluding steroid dienone is 1. The number of aliphatic carboxylic acids is 1. The van der Waals surface area contributed by atoms with E-state index in [1.165, 1.54) is 16.2 Å². The molecule has 2 aliphatic carbocycles. The highest BCUT2D eigenvalue weighted by Gasteiger charge is 2.61. The van der Waals surface area contributed by atoms with Crippen LogP contribution in [0.25, 0.3) is 21.7 Å². The van der Waals surface area contributed by atoms with Crippen LogP contribution < -0.4 is 15.4 Å². The molecular weight excluding hydrogens is 650 g/mol. The van der Waals surface area contributed by atoms with Gasteiger partial charge in [-0.05, 0) is 69.4 Å². The summed E-state index contributed by atoms with van der Waals surface area (Å²) in [6.07, 6.45) is 8.80. The predicted molar refractivity (Wildman–Crippen MR) is 179 cm³/mol. The third-order valence-corrected chi connectivity index (χ3v) is 10.9. The summed E-state index contributed by atoms with van der Waals surface area (Å²) in [5, 5.41) is 22.1. The highest BCUT2D eigenvalue weighted by atomic mass is 32.1. The minimum Gasteiger partial charge on any atom is -0.479 e. The summed E-state index contributed by atoms with van der Waals surface area (Å²) >= 11 is 1.42. The Morgan fingerprint density at radius 2 is 1.96 bits per heavy atom. The van der Waals surface area contributed by atoms with Gasteiger partial charge >= 0.3 is 12.1 Å². The van der Waals surface area contributed by atoms with Crippen molar-refractivity contribution in [2.24, 2.45) is 13.0 Å². The maximum atomic E-state index is 14.3. The number of carbonyl (C=O) groups excluding carboxylic acids is 3. The van der Waals surface area contributed by atoms with Gasteiger partial charge in [0.05, 0.1) is 17.8 Å². The van der Waals surface area contributed by atoms with E-state index in [4.69, 9.17) is 19.4 Å². The number of carboxylic acid groups (broad SMARTS) is 1. The van der Waals surface area contributed by atoms with Crippen LogP contribution in [0.1, 0.15) is 69.9 Å². The summed E-state index contributed by atoms with van der Waals surface area (Å²) < 4.78 is 14.5. The van der Waals surface area contributed by atoms with Crippen molar-refractivity contribution in [1.82, 2.24) is 35.3 Å². The highest BCUT2D eigenvalue weighted by Crippen LogP contribution is 2.45. The quantitative estimate of drug-likeness (QED) is 0.322. The minimum absolute atomic E-state index is 0.0349. The lowest BCUT2D eigenvalue weighted by Crippen LogP contribution is -2.56. The Kier molecular flexibility index (Phi) is 9.03. The lowest BCUT2D eigenvalue weighted by atomic mass is 9.96. The van der Waals surface area contributed by atoms with E-state index in [9.17, 15) is 24.3 Å². The van der Waals surface area contributed by atoms with Crippen LogP contribution in [-0.2, 0) is 26.2 Å². The largest absolute Gasteiger partial charge is 0.479 e. The Labute approximate surface area is 287 Å². The predicted octanol–water partition coefficient (Wildman–Crippen LogP) is 3.88. The molecule has 260 valence electrons. The van der Waals surface area contributed by atoms with Crippen LogP contribution in [0, 0.1) is 12.8 Å². The summed E-state index contributed by atoms with van der Waals surface area (Å²) in [6.45, 7) is 1.92. The van der Waals surface area contributed by atoms with Gasteiger partial charge in [-0.2, -0.15) is 10.1 Å². The number of fused-ring (bicyclic) bond motifs is 3. The van der Waals surface area contributed by atoms with Gasteiger partial charge in [0.1, 0.15) is 40.2 Å². The van der Waals surface area contributed by atoms with Gasteiger partial charge in [0, 0.05) is 19.4 Å². The molecule has 3 aromatic heterocycles. The van der Waals surface area contributed by atoms with Crippen molar-refractivity contribution in [3.63, 3.8) is 0 Å². The second kappa shape index (κ2) is 13.4. The Hall–Kier alpha value is -4.53. The molecule has 15 heteroatoms. The van der Waals surface area contributed by atoms with Gasteiger partial charge in [0.15, 0.2) is 5.82 Å². The number of carboxylic acids is 1. The maximum absolute atomic E-state index is 14.3. The molecule has 5 atom stereocenters. The van der Waals surface area contributed by atoms with E-state index in [2.05, 4.69) is 15.7 Å². The number of hydrogen-bond donors (Lipinski definition) is 3. The first-order chi connectivity index (χ1) is 23.6. The smallest absolute Gasteiger partial charge is 0.408 e. The molecule has 2 aliphatic heterocycles. The lowest BCUT2D eigenvalue weighted by molar-refractivity contribution is -0.145. The minimum atomic E-state index is -1.43. The Bertz CT molecular complexity index is 1800. The normalized spacial score (nSPS) is 27.7. The van der Waals surface area contributed by atoms with Crippen molar-refractivity contribution in [1.29, 1.82) is 0 Å². The molecule has 5 heterocycles. The molecule has 0 bridgehead atoms. The molecule has 0 spiro atoms. The van der Waals surface area contributed by atoms with Crippen LogP contribution in [0.15, 0.2) is 29.7 Å². The third-order valence-electron chi connectivity index (χ3n) is 10.0. The number of nitrogens with zero attached hydrogens (tertiary/aromatic N) is 5. The van der Waals surface area contributed by atoms with Crippen molar-refractivity contribution >= 4 is 45.4 Å². The lowest BCUT2D eigenvalue weighted by Gasteiger charge is -2.30. The number of hydrogen-bond acceptors (Lipinski definition) is 10. The number of rotatable bonds is 6. The molecular formula is C34H41N7O7S. The number of aromatic nitrogens is 4. The molecule has 3 fully saturated rings. The van der Waals surface area contributed by atoms with Crippen LogP contribution in [0.3, 0.4) is 0 Å². The van der Waals surface area contributed by atoms with Gasteiger partial charge in [-0.3, -0.25) is 14.3 Å². The van der Waals surface area contributed by atoms with Crippen LogP contribution in [0.2, 0.25) is 0 Å². The molecule has 0 aromatic carbocycles. The zero-order chi connectivity index (χ0) is 34.3. The van der Waals surface area contributed by atoms with Gasteiger partial charge in [-0.15, -0.1) is 11.3 Å². The first-order valence-corrected chi connectivity index (χ1v) is 17.9. The van der Waals surface area contributed by atoms with E-state index in [1.807, 2.05) is 43.6 Å².